The van der Waals surface area contributed by atoms with Crippen LogP contribution in [-0.2, 0) is 15.1 Å². The average Bonchev–Trinajstić information content (AvgIpc) is 3.35. The van der Waals surface area contributed by atoms with Gasteiger partial charge in [0.25, 0.3) is 0 Å². The fourth-order valence-electron chi connectivity index (χ4n) is 6.15. The summed E-state index contributed by atoms with van der Waals surface area (Å²) in [4.78, 5) is 7.07. The van der Waals surface area contributed by atoms with E-state index in [1.165, 1.54) is 22.0 Å². The molecule has 0 radical (unpaired) electrons. The van der Waals surface area contributed by atoms with Crippen LogP contribution in [0.3, 0.4) is 0 Å². The lowest BCUT2D eigenvalue weighted by Gasteiger charge is -2.42. The summed E-state index contributed by atoms with van der Waals surface area (Å²) in [5, 5.41) is 16.9. The molecular formula is C29H36FN7O2. The largest absolute Gasteiger partial charge is 0.370 e. The van der Waals surface area contributed by atoms with Crippen LogP contribution in [0.25, 0.3) is 5.52 Å². The Morgan fingerprint density at radius 2 is 1.90 bits per heavy atom. The highest BCUT2D eigenvalue weighted by atomic mass is 19.1. The summed E-state index contributed by atoms with van der Waals surface area (Å²) in [5.41, 5.74) is 3.60. The SMILES string of the molecule is C[C@@H]1CN(c2ccc(C#N)n3ncc(F)c23)C[C@H](CN2CCN(c3ccc([C@@]4(C)CNCCO4)cc3)CC2)O1. The zero-order chi connectivity index (χ0) is 27.0. The van der Waals surface area contributed by atoms with Gasteiger partial charge >= 0.3 is 0 Å². The summed E-state index contributed by atoms with van der Waals surface area (Å²) in [7, 11) is 0. The standard InChI is InChI=1S/C29H36FN7O2/c1-21-17-36(27-8-7-24(15-31)37-28(27)26(30)16-33-37)19-25(39-21)18-34-10-12-35(13-11-34)23-5-3-22(4-6-23)29(2)20-32-9-14-38-29/h3-8,16,21,25,32H,9-14,17-20H2,1-2H3/t21-,25+,29-/m1/s1. The minimum atomic E-state index is -0.418. The van der Waals surface area contributed by atoms with Gasteiger partial charge in [-0.05, 0) is 43.7 Å². The molecule has 3 aliphatic heterocycles. The molecule has 0 spiro atoms. The Balaban J connectivity index is 1.07. The Kier molecular flexibility index (Phi) is 7.16. The van der Waals surface area contributed by atoms with Crippen molar-refractivity contribution in [2.45, 2.75) is 31.7 Å². The van der Waals surface area contributed by atoms with Gasteiger partial charge in [-0.2, -0.15) is 10.4 Å². The molecule has 6 rings (SSSR count). The summed E-state index contributed by atoms with van der Waals surface area (Å²) in [5.74, 6) is -0.418. The van der Waals surface area contributed by atoms with Crippen molar-refractivity contribution in [2.75, 3.05) is 75.3 Å². The molecule has 0 unspecified atom stereocenters. The first-order chi connectivity index (χ1) is 18.9. The van der Waals surface area contributed by atoms with Gasteiger partial charge in [-0.15, -0.1) is 0 Å². The van der Waals surface area contributed by atoms with Crippen LogP contribution in [0, 0.1) is 17.1 Å². The number of hydrogen-bond acceptors (Lipinski definition) is 8. The maximum atomic E-state index is 14.7. The molecule has 39 heavy (non-hydrogen) atoms. The fourth-order valence-corrected chi connectivity index (χ4v) is 6.15. The van der Waals surface area contributed by atoms with Gasteiger partial charge in [0.2, 0.25) is 0 Å². The van der Waals surface area contributed by atoms with Crippen molar-refractivity contribution < 1.29 is 13.9 Å². The van der Waals surface area contributed by atoms with Crippen LogP contribution in [0.4, 0.5) is 15.8 Å². The number of aromatic nitrogens is 2. The topological polar surface area (TPSA) is 81.3 Å². The Labute approximate surface area is 228 Å². The van der Waals surface area contributed by atoms with E-state index in [1.54, 1.807) is 6.07 Å². The van der Waals surface area contributed by atoms with E-state index in [9.17, 15) is 9.65 Å². The van der Waals surface area contributed by atoms with Crippen LogP contribution in [0.1, 0.15) is 25.1 Å². The molecule has 1 N–H and O–H groups in total. The van der Waals surface area contributed by atoms with Crippen molar-refractivity contribution in [1.82, 2.24) is 19.8 Å². The quantitative estimate of drug-likeness (QED) is 0.536. The van der Waals surface area contributed by atoms with E-state index in [2.05, 4.69) is 69.3 Å². The molecule has 5 heterocycles. The monoisotopic (exact) mass is 533 g/mol. The summed E-state index contributed by atoms with van der Waals surface area (Å²) in [6, 6.07) is 14.4. The molecule has 1 aromatic carbocycles. The van der Waals surface area contributed by atoms with Gasteiger partial charge in [-0.1, -0.05) is 12.1 Å². The Hall–Kier alpha value is -3.23. The predicted octanol–water partition coefficient (Wildman–Crippen LogP) is 2.60. The van der Waals surface area contributed by atoms with E-state index in [4.69, 9.17) is 9.47 Å². The lowest BCUT2D eigenvalue weighted by Crippen LogP contribution is -2.54. The maximum absolute atomic E-state index is 14.7. The van der Waals surface area contributed by atoms with Crippen LogP contribution in [-0.4, -0.2) is 92.2 Å². The normalized spacial score (nSPS) is 26.6. The van der Waals surface area contributed by atoms with Gasteiger partial charge in [0.05, 0.1) is 30.7 Å². The van der Waals surface area contributed by atoms with Crippen LogP contribution in [0.15, 0.2) is 42.6 Å². The number of fused-ring (bicyclic) bond motifs is 1. The van der Waals surface area contributed by atoms with Gasteiger partial charge in [0.15, 0.2) is 5.82 Å². The highest BCUT2D eigenvalue weighted by molar-refractivity contribution is 5.74. The van der Waals surface area contributed by atoms with E-state index in [-0.39, 0.29) is 17.8 Å². The molecule has 0 aliphatic carbocycles. The lowest BCUT2D eigenvalue weighted by molar-refractivity contribution is -0.0572. The van der Waals surface area contributed by atoms with Crippen molar-refractivity contribution in [3.63, 3.8) is 0 Å². The highest BCUT2D eigenvalue weighted by Crippen LogP contribution is 2.30. The van der Waals surface area contributed by atoms with Gasteiger partial charge in [0.1, 0.15) is 22.9 Å². The molecule has 10 heteroatoms. The Morgan fingerprint density at radius 3 is 2.62 bits per heavy atom. The molecule has 2 aromatic heterocycles. The van der Waals surface area contributed by atoms with Crippen LogP contribution < -0.4 is 15.1 Å². The Morgan fingerprint density at radius 1 is 1.10 bits per heavy atom. The van der Waals surface area contributed by atoms with E-state index >= 15 is 0 Å². The predicted molar refractivity (Wildman–Crippen MR) is 148 cm³/mol. The second-order valence-electron chi connectivity index (χ2n) is 11.0. The van der Waals surface area contributed by atoms with Crippen LogP contribution in [0.2, 0.25) is 0 Å². The number of rotatable bonds is 5. The summed E-state index contributed by atoms with van der Waals surface area (Å²) in [6.45, 7) is 12.7. The fraction of sp³-hybridized carbons (Fsp3) is 0.517. The molecule has 0 bridgehead atoms. The van der Waals surface area contributed by atoms with Crippen molar-refractivity contribution in [1.29, 1.82) is 5.26 Å². The van der Waals surface area contributed by atoms with Crippen molar-refractivity contribution in [3.8, 4) is 6.07 Å². The van der Waals surface area contributed by atoms with Crippen molar-refractivity contribution in [3.05, 3.63) is 59.7 Å². The van der Waals surface area contributed by atoms with Crippen LogP contribution in [0.5, 0.6) is 0 Å². The number of halogens is 1. The van der Waals surface area contributed by atoms with Crippen LogP contribution >= 0.6 is 0 Å². The molecule has 0 amide bonds. The second-order valence-corrected chi connectivity index (χ2v) is 11.0. The van der Waals surface area contributed by atoms with Gasteiger partial charge in [-0.25, -0.2) is 8.91 Å². The maximum Gasteiger partial charge on any atom is 0.171 e. The van der Waals surface area contributed by atoms with Crippen molar-refractivity contribution >= 4 is 16.9 Å². The number of nitrogens with one attached hydrogen (secondary N) is 1. The summed E-state index contributed by atoms with van der Waals surface area (Å²) >= 11 is 0. The van der Waals surface area contributed by atoms with Gasteiger partial charge in [0, 0.05) is 64.6 Å². The number of ether oxygens (including phenoxy) is 2. The number of anilines is 2. The van der Waals surface area contributed by atoms with E-state index in [0.717, 1.165) is 58.1 Å². The van der Waals surface area contributed by atoms with Gasteiger partial charge in [-0.3, -0.25) is 4.90 Å². The zero-order valence-corrected chi connectivity index (χ0v) is 22.6. The number of nitriles is 1. The van der Waals surface area contributed by atoms with E-state index in [1.807, 2.05) is 6.07 Å². The number of pyridine rings is 1. The van der Waals surface area contributed by atoms with E-state index in [0.29, 0.717) is 24.3 Å². The summed E-state index contributed by atoms with van der Waals surface area (Å²) < 4.78 is 28.5. The number of benzene rings is 1. The molecular weight excluding hydrogens is 497 g/mol. The van der Waals surface area contributed by atoms with Crippen molar-refractivity contribution in [2.24, 2.45) is 0 Å². The van der Waals surface area contributed by atoms with Gasteiger partial charge < -0.3 is 24.6 Å². The van der Waals surface area contributed by atoms with E-state index < -0.39 is 5.82 Å². The number of piperazine rings is 1. The lowest BCUT2D eigenvalue weighted by atomic mass is 9.94. The molecule has 0 saturated carbocycles. The minimum absolute atomic E-state index is 0.00565. The first-order valence-electron chi connectivity index (χ1n) is 13.8. The molecule has 206 valence electrons. The molecule has 9 nitrogen and oxygen atoms in total. The third-order valence-corrected chi connectivity index (χ3v) is 8.21. The zero-order valence-electron chi connectivity index (χ0n) is 22.6. The molecule has 3 fully saturated rings. The average molecular weight is 534 g/mol. The number of nitrogens with zero attached hydrogens (tertiary/aromatic N) is 6. The molecule has 3 atom stereocenters. The Bertz CT molecular complexity index is 1340. The molecule has 3 saturated heterocycles. The second kappa shape index (κ2) is 10.7. The number of morpholine rings is 2. The third kappa shape index (κ3) is 5.20. The minimum Gasteiger partial charge on any atom is -0.370 e. The summed E-state index contributed by atoms with van der Waals surface area (Å²) in [6.07, 6.45) is 1.19. The third-order valence-electron chi connectivity index (χ3n) is 8.21. The highest BCUT2D eigenvalue weighted by Gasteiger charge is 2.32. The smallest absolute Gasteiger partial charge is 0.171 e. The molecule has 3 aliphatic rings. The first-order valence-corrected chi connectivity index (χ1v) is 13.8. The molecule has 3 aromatic rings. The number of hydrogen-bond donors (Lipinski definition) is 1. The first kappa shape index (κ1) is 26.0.